The lowest BCUT2D eigenvalue weighted by Gasteiger charge is -2.20. The minimum absolute atomic E-state index is 0.0779. The molecule has 0 radical (unpaired) electrons. The van der Waals surface area contributed by atoms with Crippen LogP contribution in [0.4, 0.5) is 5.69 Å². The highest BCUT2D eigenvalue weighted by Gasteiger charge is 2.26. The third-order valence-electron chi connectivity index (χ3n) is 5.78. The number of halogens is 1. The third-order valence-corrected chi connectivity index (χ3v) is 7.82. The van der Waals surface area contributed by atoms with Crippen LogP contribution in [0.25, 0.3) is 0 Å². The molecule has 1 heterocycles. The molecule has 1 aliphatic rings. The topological polar surface area (TPSA) is 63.7 Å². The van der Waals surface area contributed by atoms with Gasteiger partial charge in [-0.3, -0.25) is 4.79 Å². The number of carbonyl (C=O) groups excluding carboxylic acids is 1. The summed E-state index contributed by atoms with van der Waals surface area (Å²) < 4.78 is 31.3. The minimum Gasteiger partial charge on any atom is -0.457 e. The molecule has 0 spiro atoms. The highest BCUT2D eigenvalue weighted by atomic mass is 79.9. The Bertz CT molecular complexity index is 1320. The summed E-state index contributed by atoms with van der Waals surface area (Å²) in [5.41, 5.74) is 4.54. The maximum absolute atomic E-state index is 13.0. The quantitative estimate of drug-likeness (QED) is 0.406. The van der Waals surface area contributed by atoms with E-state index in [4.69, 9.17) is 4.74 Å². The van der Waals surface area contributed by atoms with Crippen molar-refractivity contribution in [1.82, 2.24) is 0 Å². The zero-order valence-electron chi connectivity index (χ0n) is 18.2. The number of ketones is 1. The lowest BCUT2D eigenvalue weighted by Crippen LogP contribution is -2.28. The van der Waals surface area contributed by atoms with Gasteiger partial charge in [0.25, 0.3) is 0 Å². The summed E-state index contributed by atoms with van der Waals surface area (Å²) in [7, 11) is -3.48. The van der Waals surface area contributed by atoms with Crippen LogP contribution in [0.15, 0.2) is 64.0 Å². The van der Waals surface area contributed by atoms with Crippen LogP contribution in [0.5, 0.6) is 11.5 Å². The first-order valence-corrected chi connectivity index (χ1v) is 13.0. The molecule has 1 aliphatic heterocycles. The molecular formula is C25H24BrNO4S. The molecule has 7 heteroatoms. The summed E-state index contributed by atoms with van der Waals surface area (Å²) in [6, 6.07) is 16.2. The standard InChI is InChI=1S/C25H24BrNO4S/c1-16-14-18(8-9-21(16)26)31-24-11-10-22-19(17(24)2)12-13-27(22)15-23(28)20-6-4-5-7-25(20)32(3,29)30/h4-11,14H,12-13,15H2,1-3H3. The van der Waals surface area contributed by atoms with E-state index in [9.17, 15) is 13.2 Å². The van der Waals surface area contributed by atoms with Crippen LogP contribution in [-0.2, 0) is 16.3 Å². The van der Waals surface area contributed by atoms with Gasteiger partial charge in [0.2, 0.25) is 0 Å². The summed E-state index contributed by atoms with van der Waals surface area (Å²) in [5, 5.41) is 0. The van der Waals surface area contributed by atoms with Crippen LogP contribution in [0.2, 0.25) is 0 Å². The second kappa shape index (κ2) is 8.71. The summed E-state index contributed by atoms with van der Waals surface area (Å²) in [5.74, 6) is 1.36. The number of hydrogen-bond acceptors (Lipinski definition) is 5. The van der Waals surface area contributed by atoms with Gasteiger partial charge in [-0.2, -0.15) is 0 Å². The van der Waals surface area contributed by atoms with Gasteiger partial charge in [0.05, 0.1) is 11.4 Å². The minimum atomic E-state index is -3.48. The SMILES string of the molecule is Cc1cc(Oc2ccc3c(c2C)CCN3CC(=O)c2ccccc2S(C)(=O)=O)ccc1Br. The van der Waals surface area contributed by atoms with Crippen LogP contribution >= 0.6 is 15.9 Å². The van der Waals surface area contributed by atoms with Crippen molar-refractivity contribution < 1.29 is 17.9 Å². The Labute approximate surface area is 197 Å². The molecule has 0 atom stereocenters. The second-order valence-electron chi connectivity index (χ2n) is 8.06. The van der Waals surface area contributed by atoms with Crippen LogP contribution in [-0.4, -0.2) is 33.5 Å². The Balaban J connectivity index is 1.57. The lowest BCUT2D eigenvalue weighted by atomic mass is 10.0. The van der Waals surface area contributed by atoms with Crippen LogP contribution in [0.1, 0.15) is 27.0 Å². The smallest absolute Gasteiger partial charge is 0.183 e. The molecule has 0 amide bonds. The summed E-state index contributed by atoms with van der Waals surface area (Å²) >= 11 is 3.51. The van der Waals surface area contributed by atoms with Crippen LogP contribution in [0, 0.1) is 13.8 Å². The van der Waals surface area contributed by atoms with Crippen molar-refractivity contribution in [2.75, 3.05) is 24.2 Å². The van der Waals surface area contributed by atoms with Crippen molar-refractivity contribution >= 4 is 37.2 Å². The monoisotopic (exact) mass is 513 g/mol. The number of ether oxygens (including phenoxy) is 1. The molecule has 0 bridgehead atoms. The van der Waals surface area contributed by atoms with E-state index in [2.05, 4.69) is 15.9 Å². The normalized spacial score (nSPS) is 13.2. The van der Waals surface area contributed by atoms with Gasteiger partial charge in [-0.25, -0.2) is 8.42 Å². The first kappa shape index (κ1) is 22.6. The number of carbonyl (C=O) groups is 1. The Morgan fingerprint density at radius 2 is 1.84 bits per heavy atom. The Morgan fingerprint density at radius 3 is 2.56 bits per heavy atom. The predicted octanol–water partition coefficient (Wildman–Crippen LogP) is 5.51. The number of nitrogens with zero attached hydrogens (tertiary/aromatic N) is 1. The fourth-order valence-corrected chi connectivity index (χ4v) is 5.22. The maximum Gasteiger partial charge on any atom is 0.183 e. The Kier molecular flexibility index (Phi) is 6.14. The van der Waals surface area contributed by atoms with Crippen molar-refractivity contribution in [3.63, 3.8) is 0 Å². The average molecular weight is 514 g/mol. The molecule has 5 nitrogen and oxygen atoms in total. The van der Waals surface area contributed by atoms with E-state index in [1.54, 1.807) is 18.2 Å². The molecule has 166 valence electrons. The van der Waals surface area contributed by atoms with E-state index in [0.29, 0.717) is 6.54 Å². The molecule has 0 saturated heterocycles. The Morgan fingerprint density at radius 1 is 1.09 bits per heavy atom. The zero-order valence-corrected chi connectivity index (χ0v) is 20.6. The van der Waals surface area contributed by atoms with E-state index in [1.165, 1.54) is 6.07 Å². The number of hydrogen-bond donors (Lipinski definition) is 0. The van der Waals surface area contributed by atoms with E-state index in [0.717, 1.165) is 51.0 Å². The molecule has 0 N–H and O–H groups in total. The molecule has 0 fully saturated rings. The highest BCUT2D eigenvalue weighted by Crippen LogP contribution is 2.38. The number of Topliss-reactive ketones (excluding diaryl/α,β-unsaturated/α-hetero) is 1. The van der Waals surface area contributed by atoms with E-state index in [1.807, 2.05) is 49.1 Å². The third kappa shape index (κ3) is 4.45. The van der Waals surface area contributed by atoms with Crippen LogP contribution in [0.3, 0.4) is 0 Å². The molecule has 4 rings (SSSR count). The van der Waals surface area contributed by atoms with Crippen LogP contribution < -0.4 is 9.64 Å². The number of sulfone groups is 1. The first-order chi connectivity index (χ1) is 15.1. The molecule has 0 unspecified atom stereocenters. The van der Waals surface area contributed by atoms with Gasteiger partial charge in [0, 0.05) is 28.5 Å². The van der Waals surface area contributed by atoms with Crippen molar-refractivity contribution in [3.05, 3.63) is 81.3 Å². The van der Waals surface area contributed by atoms with Gasteiger partial charge in [0.15, 0.2) is 15.6 Å². The highest BCUT2D eigenvalue weighted by molar-refractivity contribution is 9.10. The number of rotatable bonds is 6. The van der Waals surface area contributed by atoms with Gasteiger partial charge in [-0.15, -0.1) is 0 Å². The lowest BCUT2D eigenvalue weighted by molar-refractivity contribution is 0.0996. The predicted molar refractivity (Wildman–Crippen MR) is 130 cm³/mol. The summed E-state index contributed by atoms with van der Waals surface area (Å²) in [6.45, 7) is 4.88. The van der Waals surface area contributed by atoms with Gasteiger partial charge in [0.1, 0.15) is 11.5 Å². The largest absolute Gasteiger partial charge is 0.457 e. The van der Waals surface area contributed by atoms with Gasteiger partial charge in [-0.1, -0.05) is 34.1 Å². The summed E-state index contributed by atoms with van der Waals surface area (Å²) in [4.78, 5) is 15.1. The number of aryl methyl sites for hydroxylation is 1. The Hall–Kier alpha value is -2.64. The molecular weight excluding hydrogens is 490 g/mol. The molecule has 3 aromatic rings. The fourth-order valence-electron chi connectivity index (χ4n) is 4.06. The molecule has 0 aromatic heterocycles. The zero-order chi connectivity index (χ0) is 23.0. The van der Waals surface area contributed by atoms with E-state index < -0.39 is 9.84 Å². The van der Waals surface area contributed by atoms with Crippen molar-refractivity contribution in [1.29, 1.82) is 0 Å². The van der Waals surface area contributed by atoms with E-state index >= 15 is 0 Å². The number of fused-ring (bicyclic) bond motifs is 1. The van der Waals surface area contributed by atoms with Gasteiger partial charge in [-0.05, 0) is 73.4 Å². The average Bonchev–Trinajstić information content (AvgIpc) is 3.15. The number of anilines is 1. The molecule has 0 saturated carbocycles. The fraction of sp³-hybridized carbons (Fsp3) is 0.240. The van der Waals surface area contributed by atoms with E-state index in [-0.39, 0.29) is 22.8 Å². The number of benzene rings is 3. The first-order valence-electron chi connectivity index (χ1n) is 10.3. The van der Waals surface area contributed by atoms with Crippen molar-refractivity contribution in [3.8, 4) is 11.5 Å². The molecule has 32 heavy (non-hydrogen) atoms. The maximum atomic E-state index is 13.0. The molecule has 0 aliphatic carbocycles. The summed E-state index contributed by atoms with van der Waals surface area (Å²) in [6.07, 6.45) is 1.93. The molecule has 3 aromatic carbocycles. The van der Waals surface area contributed by atoms with Gasteiger partial charge < -0.3 is 9.64 Å². The van der Waals surface area contributed by atoms with Gasteiger partial charge >= 0.3 is 0 Å². The second-order valence-corrected chi connectivity index (χ2v) is 10.9. The van der Waals surface area contributed by atoms with Crippen molar-refractivity contribution in [2.45, 2.75) is 25.2 Å². The van der Waals surface area contributed by atoms with Crippen molar-refractivity contribution in [2.24, 2.45) is 0 Å².